The monoisotopic (exact) mass is 546 g/mol. The molecule has 0 unspecified atom stereocenters. The van der Waals surface area contributed by atoms with Gasteiger partial charge in [-0.2, -0.15) is 0 Å². The number of anilines is 3. The number of amides is 1. The number of fused-ring (bicyclic) bond motifs is 1. The Kier molecular flexibility index (Phi) is 8.90. The Morgan fingerprint density at radius 2 is 1.97 bits per heavy atom. The second kappa shape index (κ2) is 12.7. The van der Waals surface area contributed by atoms with E-state index in [0.29, 0.717) is 41.8 Å². The lowest BCUT2D eigenvalue weighted by Crippen LogP contribution is -2.39. The number of nitrogens with zero attached hydrogens (tertiary/aromatic N) is 4. The van der Waals surface area contributed by atoms with Crippen LogP contribution in [0.4, 0.5) is 17.2 Å². The number of hydrogen-bond donors (Lipinski definition) is 3. The van der Waals surface area contributed by atoms with Gasteiger partial charge in [-0.05, 0) is 73.0 Å². The molecule has 1 atom stereocenters. The van der Waals surface area contributed by atoms with Crippen molar-refractivity contribution in [3.05, 3.63) is 90.5 Å². The Morgan fingerprint density at radius 1 is 1.18 bits per heavy atom. The fourth-order valence-electron chi connectivity index (χ4n) is 4.05. The summed E-state index contributed by atoms with van der Waals surface area (Å²) in [4.78, 5) is 35.6. The molecule has 0 spiro atoms. The van der Waals surface area contributed by atoms with E-state index in [9.17, 15) is 9.59 Å². The molecule has 3 heterocycles. The second-order valence-corrected chi connectivity index (χ2v) is 9.05. The minimum absolute atomic E-state index is 0.292. The molecule has 200 valence electrons. The molecule has 2 aromatic heterocycles. The van der Waals surface area contributed by atoms with Gasteiger partial charge in [0.25, 0.3) is 0 Å². The van der Waals surface area contributed by atoms with Crippen molar-refractivity contribution in [1.29, 1.82) is 0 Å². The summed E-state index contributed by atoms with van der Waals surface area (Å²) in [6.07, 6.45) is 7.43. The minimum atomic E-state index is -0.928. The summed E-state index contributed by atoms with van der Waals surface area (Å²) in [6, 6.07) is 14.2. The first-order valence-electron chi connectivity index (χ1n) is 12.1. The Morgan fingerprint density at radius 3 is 2.69 bits per heavy atom. The quantitative estimate of drug-likeness (QED) is 0.219. The van der Waals surface area contributed by atoms with E-state index >= 15 is 0 Å². The molecule has 39 heavy (non-hydrogen) atoms. The highest BCUT2D eigenvalue weighted by molar-refractivity contribution is 6.32. The van der Waals surface area contributed by atoms with Crippen LogP contribution < -0.4 is 15.8 Å². The Bertz CT molecular complexity index is 1480. The van der Waals surface area contributed by atoms with Crippen LogP contribution in [0.15, 0.2) is 79.9 Å². The fourth-order valence-corrected chi connectivity index (χ4v) is 4.29. The van der Waals surface area contributed by atoms with Crippen molar-refractivity contribution in [3.8, 4) is 5.75 Å². The number of benzene rings is 2. The minimum Gasteiger partial charge on any atom is -0.487 e. The maximum Gasteiger partial charge on any atom is 0.326 e. The molecule has 0 aliphatic carbocycles. The number of aliphatic carboxylic acids is 1. The van der Waals surface area contributed by atoms with Crippen molar-refractivity contribution in [3.63, 3.8) is 0 Å². The lowest BCUT2D eigenvalue weighted by atomic mass is 10.2. The third-order valence-electron chi connectivity index (χ3n) is 5.99. The van der Waals surface area contributed by atoms with Crippen LogP contribution in [0.3, 0.4) is 0 Å². The van der Waals surface area contributed by atoms with Gasteiger partial charge in [-0.15, -0.1) is 0 Å². The van der Waals surface area contributed by atoms with Crippen molar-refractivity contribution in [2.75, 3.05) is 17.6 Å². The first-order valence-corrected chi connectivity index (χ1v) is 12.5. The van der Waals surface area contributed by atoms with Gasteiger partial charge >= 0.3 is 5.97 Å². The number of pyridine rings is 1. The van der Waals surface area contributed by atoms with Crippen LogP contribution in [0.25, 0.3) is 10.9 Å². The van der Waals surface area contributed by atoms with Crippen molar-refractivity contribution in [1.82, 2.24) is 19.9 Å². The number of carbonyl (C=O) groups is 2. The molecule has 5 rings (SSSR count). The summed E-state index contributed by atoms with van der Waals surface area (Å²) in [7, 11) is 0. The normalized spacial score (nSPS) is 14.3. The molecular weight excluding hydrogens is 520 g/mol. The molecule has 0 bridgehead atoms. The number of nitrogen functional groups attached to an aromatic ring is 1. The highest BCUT2D eigenvalue weighted by atomic mass is 35.5. The molecule has 4 N–H and O–H groups in total. The van der Waals surface area contributed by atoms with E-state index in [1.54, 1.807) is 18.5 Å². The number of rotatable bonds is 7. The van der Waals surface area contributed by atoms with Gasteiger partial charge < -0.3 is 25.8 Å². The molecule has 2 aromatic carbocycles. The van der Waals surface area contributed by atoms with Crippen LogP contribution in [0, 0.1) is 0 Å². The van der Waals surface area contributed by atoms with Gasteiger partial charge in [0.05, 0.1) is 10.5 Å². The SMILES string of the molecule is C=CC(=O)N1CCC[C@H]1C(=O)O.Nc1ccc2ncnc(Nc3ccc(OCc4ccncc4)c(Cl)c3)c2c1. The van der Waals surface area contributed by atoms with E-state index in [4.69, 9.17) is 27.2 Å². The molecule has 11 heteroatoms. The molecule has 4 aromatic rings. The standard InChI is InChI=1S/C20H16ClN5O.C8H11NO3/c21-17-10-15(2-4-19(17)27-11-13-5-7-23-8-6-13)26-20-16-9-14(22)1-3-18(16)24-12-25-20;1-2-7(10)9-5-3-4-6(9)8(11)12/h1-10,12H,11,22H2,(H,24,25,26);2,6H,1,3-5H2,(H,11,12)/t;6-/m.0/s1. The average molecular weight is 547 g/mol. The molecule has 0 radical (unpaired) electrons. The second-order valence-electron chi connectivity index (χ2n) is 8.65. The van der Waals surface area contributed by atoms with Crippen LogP contribution in [0.1, 0.15) is 18.4 Å². The highest BCUT2D eigenvalue weighted by Gasteiger charge is 2.32. The zero-order valence-electron chi connectivity index (χ0n) is 21.0. The van der Waals surface area contributed by atoms with Gasteiger partial charge in [-0.3, -0.25) is 9.78 Å². The Balaban J connectivity index is 0.000000247. The number of nitrogens with one attached hydrogen (secondary N) is 1. The number of halogens is 1. The summed E-state index contributed by atoms with van der Waals surface area (Å²) in [5.41, 5.74) is 9.16. The molecule has 10 nitrogen and oxygen atoms in total. The molecule has 1 aliphatic heterocycles. The van der Waals surface area contributed by atoms with E-state index in [1.165, 1.54) is 11.2 Å². The number of nitrogens with two attached hydrogens (primary N) is 1. The van der Waals surface area contributed by atoms with Gasteiger partial charge in [0.2, 0.25) is 5.91 Å². The van der Waals surface area contributed by atoms with Crippen LogP contribution >= 0.6 is 11.6 Å². The fraction of sp³-hybridized carbons (Fsp3) is 0.179. The van der Waals surface area contributed by atoms with Gasteiger partial charge in [-0.1, -0.05) is 18.2 Å². The first kappa shape index (κ1) is 27.3. The van der Waals surface area contributed by atoms with E-state index in [2.05, 4.69) is 26.8 Å². The summed E-state index contributed by atoms with van der Waals surface area (Å²) >= 11 is 6.38. The van der Waals surface area contributed by atoms with Gasteiger partial charge in [0.15, 0.2) is 0 Å². The first-order chi connectivity index (χ1) is 18.9. The van der Waals surface area contributed by atoms with Crippen LogP contribution in [0.5, 0.6) is 5.75 Å². The summed E-state index contributed by atoms with van der Waals surface area (Å²) in [5.74, 6) is 0.0484. The maximum atomic E-state index is 11.1. The number of hydrogen-bond acceptors (Lipinski definition) is 8. The largest absolute Gasteiger partial charge is 0.487 e. The average Bonchev–Trinajstić information content (AvgIpc) is 3.44. The molecule has 1 amide bonds. The predicted octanol–water partition coefficient (Wildman–Crippen LogP) is 4.83. The lowest BCUT2D eigenvalue weighted by molar-refractivity contribution is -0.146. The van der Waals surface area contributed by atoms with Crippen LogP contribution in [-0.2, 0) is 16.2 Å². The molecule has 0 saturated carbocycles. The van der Waals surface area contributed by atoms with Crippen molar-refractivity contribution in [2.45, 2.75) is 25.5 Å². The van der Waals surface area contributed by atoms with Crippen LogP contribution in [0.2, 0.25) is 5.02 Å². The van der Waals surface area contributed by atoms with Gasteiger partial charge in [0.1, 0.15) is 30.5 Å². The third kappa shape index (κ3) is 6.99. The lowest BCUT2D eigenvalue weighted by Gasteiger charge is -2.18. The number of likely N-dealkylation sites (tertiary alicyclic amines) is 1. The summed E-state index contributed by atoms with van der Waals surface area (Å²) in [5, 5.41) is 13.3. The molecule has 1 aliphatic rings. The van der Waals surface area contributed by atoms with Gasteiger partial charge in [0, 0.05) is 35.7 Å². The van der Waals surface area contributed by atoms with Crippen molar-refractivity contribution in [2.24, 2.45) is 0 Å². The van der Waals surface area contributed by atoms with Gasteiger partial charge in [-0.25, -0.2) is 14.8 Å². The van der Waals surface area contributed by atoms with E-state index in [0.717, 1.165) is 34.7 Å². The molecular formula is C28H27ClN6O4. The zero-order valence-corrected chi connectivity index (χ0v) is 21.7. The van der Waals surface area contributed by atoms with Crippen molar-refractivity contribution >= 4 is 51.6 Å². The molecule has 1 fully saturated rings. The number of carbonyl (C=O) groups excluding carboxylic acids is 1. The number of carboxylic acid groups (broad SMARTS) is 1. The Hall–Kier alpha value is -4.70. The number of ether oxygens (including phenoxy) is 1. The smallest absolute Gasteiger partial charge is 0.326 e. The number of carboxylic acids is 1. The maximum absolute atomic E-state index is 11.1. The Labute approximate surface area is 230 Å². The van der Waals surface area contributed by atoms with E-state index < -0.39 is 12.0 Å². The van der Waals surface area contributed by atoms with E-state index in [-0.39, 0.29) is 5.91 Å². The van der Waals surface area contributed by atoms with E-state index in [1.807, 2.05) is 42.5 Å². The topological polar surface area (TPSA) is 144 Å². The summed E-state index contributed by atoms with van der Waals surface area (Å²) in [6.45, 7) is 4.27. The third-order valence-corrected chi connectivity index (χ3v) is 6.29. The summed E-state index contributed by atoms with van der Waals surface area (Å²) < 4.78 is 5.78. The zero-order chi connectivity index (χ0) is 27.8. The highest BCUT2D eigenvalue weighted by Crippen LogP contribution is 2.31. The molecule has 1 saturated heterocycles. The number of aromatic nitrogens is 3. The van der Waals surface area contributed by atoms with Crippen LogP contribution in [-0.4, -0.2) is 49.4 Å². The van der Waals surface area contributed by atoms with Crippen molar-refractivity contribution < 1.29 is 19.4 Å². The predicted molar refractivity (Wildman–Crippen MR) is 150 cm³/mol.